The van der Waals surface area contributed by atoms with Gasteiger partial charge in [0.25, 0.3) is 0 Å². The van der Waals surface area contributed by atoms with Gasteiger partial charge in [0.1, 0.15) is 0 Å². The van der Waals surface area contributed by atoms with Gasteiger partial charge in [-0.25, -0.2) is 0 Å². The number of rotatable bonds is 1. The van der Waals surface area contributed by atoms with Crippen LogP contribution in [0.25, 0.3) is 0 Å². The minimum absolute atomic E-state index is 0.564. The highest BCUT2D eigenvalue weighted by Gasteiger charge is 2.25. The molecule has 0 spiro atoms. The van der Waals surface area contributed by atoms with E-state index in [4.69, 9.17) is 0 Å². The van der Waals surface area contributed by atoms with E-state index in [0.29, 0.717) is 6.04 Å². The number of amides is 1. The fourth-order valence-corrected chi connectivity index (χ4v) is 1.75. The lowest BCUT2D eigenvalue weighted by atomic mass is 10.2. The lowest BCUT2D eigenvalue weighted by Gasteiger charge is -2.36. The van der Waals surface area contributed by atoms with Crippen LogP contribution in [0.2, 0.25) is 0 Å². The van der Waals surface area contributed by atoms with Crippen molar-refractivity contribution in [3.05, 3.63) is 12.3 Å². The van der Waals surface area contributed by atoms with Gasteiger partial charge in [0, 0.05) is 25.7 Å². The summed E-state index contributed by atoms with van der Waals surface area (Å²) in [5.41, 5.74) is 0. The highest BCUT2D eigenvalue weighted by molar-refractivity contribution is 5.47. The van der Waals surface area contributed by atoms with Crippen molar-refractivity contribution < 1.29 is 4.79 Å². The number of hydrogen-bond acceptors (Lipinski definition) is 2. The summed E-state index contributed by atoms with van der Waals surface area (Å²) in [6.45, 7) is 2.78. The molecule has 1 amide bonds. The molecule has 2 rings (SSSR count). The van der Waals surface area contributed by atoms with Gasteiger partial charge < -0.3 is 9.80 Å². The van der Waals surface area contributed by atoms with Crippen molar-refractivity contribution in [2.45, 2.75) is 12.5 Å². The Morgan fingerprint density at radius 3 is 3.18 bits per heavy atom. The smallest absolute Gasteiger partial charge is 0.209 e. The zero-order chi connectivity index (χ0) is 7.68. The SMILES string of the molecule is O=CN1CCN2C=CCC2C1. The summed E-state index contributed by atoms with van der Waals surface area (Å²) in [4.78, 5) is 14.6. The molecule has 0 aliphatic carbocycles. The summed E-state index contributed by atoms with van der Waals surface area (Å²) in [7, 11) is 0. The van der Waals surface area contributed by atoms with Crippen molar-refractivity contribution in [1.29, 1.82) is 0 Å². The predicted octanol–water partition coefficient (Wildman–Crippen LogP) is 0.0464. The van der Waals surface area contributed by atoms with Crippen molar-refractivity contribution in [1.82, 2.24) is 9.80 Å². The topological polar surface area (TPSA) is 23.6 Å². The van der Waals surface area contributed by atoms with Gasteiger partial charge in [0.2, 0.25) is 6.41 Å². The Hall–Kier alpha value is -0.990. The molecule has 1 atom stereocenters. The number of nitrogens with zero attached hydrogens (tertiary/aromatic N) is 2. The molecule has 0 aromatic heterocycles. The first-order chi connectivity index (χ1) is 5.40. The van der Waals surface area contributed by atoms with Gasteiger partial charge in [-0.3, -0.25) is 4.79 Å². The normalized spacial score (nSPS) is 28.9. The van der Waals surface area contributed by atoms with Gasteiger partial charge in [-0.15, -0.1) is 0 Å². The van der Waals surface area contributed by atoms with Crippen LogP contribution in [0, 0.1) is 0 Å². The molecule has 3 heteroatoms. The average molecular weight is 152 g/mol. The largest absolute Gasteiger partial charge is 0.371 e. The van der Waals surface area contributed by atoms with Crippen LogP contribution in [0.5, 0.6) is 0 Å². The van der Waals surface area contributed by atoms with Crippen molar-refractivity contribution in [3.63, 3.8) is 0 Å². The number of carbonyl (C=O) groups is 1. The van der Waals surface area contributed by atoms with Crippen molar-refractivity contribution in [3.8, 4) is 0 Å². The highest BCUT2D eigenvalue weighted by atomic mass is 16.1. The molecule has 60 valence electrons. The molecule has 0 bridgehead atoms. The van der Waals surface area contributed by atoms with Crippen molar-refractivity contribution in [2.24, 2.45) is 0 Å². The minimum Gasteiger partial charge on any atom is -0.371 e. The first kappa shape index (κ1) is 6.70. The van der Waals surface area contributed by atoms with Crippen LogP contribution in [-0.2, 0) is 4.79 Å². The average Bonchev–Trinajstić information content (AvgIpc) is 2.50. The quantitative estimate of drug-likeness (QED) is 0.495. The van der Waals surface area contributed by atoms with E-state index in [1.807, 2.05) is 4.90 Å². The third kappa shape index (κ3) is 1.11. The molecule has 2 aliphatic heterocycles. The van der Waals surface area contributed by atoms with Gasteiger partial charge in [-0.1, -0.05) is 6.08 Å². The van der Waals surface area contributed by atoms with Crippen molar-refractivity contribution in [2.75, 3.05) is 19.6 Å². The van der Waals surface area contributed by atoms with Gasteiger partial charge in [-0.2, -0.15) is 0 Å². The Labute approximate surface area is 66.3 Å². The highest BCUT2D eigenvalue weighted by Crippen LogP contribution is 2.18. The minimum atomic E-state index is 0.564. The van der Waals surface area contributed by atoms with E-state index >= 15 is 0 Å². The maximum atomic E-state index is 10.4. The Morgan fingerprint density at radius 2 is 2.36 bits per heavy atom. The van der Waals surface area contributed by atoms with Gasteiger partial charge in [0.05, 0.1) is 0 Å². The molecule has 2 aliphatic rings. The van der Waals surface area contributed by atoms with Crippen LogP contribution in [-0.4, -0.2) is 41.9 Å². The first-order valence-electron chi connectivity index (χ1n) is 4.02. The molecule has 0 aromatic rings. The van der Waals surface area contributed by atoms with Gasteiger partial charge >= 0.3 is 0 Å². The molecule has 0 radical (unpaired) electrons. The molecule has 0 saturated carbocycles. The molecule has 1 saturated heterocycles. The van der Waals surface area contributed by atoms with Crippen LogP contribution in [0.15, 0.2) is 12.3 Å². The maximum absolute atomic E-state index is 10.4. The molecule has 2 heterocycles. The van der Waals surface area contributed by atoms with E-state index in [9.17, 15) is 4.79 Å². The van der Waals surface area contributed by atoms with Crippen LogP contribution < -0.4 is 0 Å². The summed E-state index contributed by atoms with van der Waals surface area (Å²) < 4.78 is 0. The fourth-order valence-electron chi connectivity index (χ4n) is 1.75. The standard InChI is InChI=1S/C8H12N2O/c11-7-9-4-5-10-3-1-2-8(10)6-9/h1,3,7-8H,2,4-6H2. The van der Waals surface area contributed by atoms with Gasteiger partial charge in [0.15, 0.2) is 0 Å². The molecule has 3 nitrogen and oxygen atoms in total. The number of fused-ring (bicyclic) bond motifs is 1. The summed E-state index contributed by atoms with van der Waals surface area (Å²) in [5, 5.41) is 0. The van der Waals surface area contributed by atoms with Crippen LogP contribution in [0.1, 0.15) is 6.42 Å². The Balaban J connectivity index is 1.99. The van der Waals surface area contributed by atoms with Crippen LogP contribution in [0.4, 0.5) is 0 Å². The maximum Gasteiger partial charge on any atom is 0.209 e. The monoisotopic (exact) mass is 152 g/mol. The summed E-state index contributed by atoms with van der Waals surface area (Å²) in [6.07, 6.45) is 6.38. The fraction of sp³-hybridized carbons (Fsp3) is 0.625. The van der Waals surface area contributed by atoms with E-state index < -0.39 is 0 Å². The second kappa shape index (κ2) is 2.57. The Kier molecular flexibility index (Phi) is 1.56. The van der Waals surface area contributed by atoms with Gasteiger partial charge in [-0.05, 0) is 12.6 Å². The van der Waals surface area contributed by atoms with E-state index in [2.05, 4.69) is 17.2 Å². The zero-order valence-electron chi connectivity index (χ0n) is 6.44. The second-order valence-corrected chi connectivity index (χ2v) is 3.11. The molecule has 0 N–H and O–H groups in total. The van der Waals surface area contributed by atoms with E-state index in [1.54, 1.807) is 0 Å². The molecule has 0 aromatic carbocycles. The lowest BCUT2D eigenvalue weighted by molar-refractivity contribution is -0.120. The number of hydrogen-bond donors (Lipinski definition) is 0. The Bertz CT molecular complexity index is 191. The number of carbonyl (C=O) groups excluding carboxylic acids is 1. The van der Waals surface area contributed by atoms with E-state index in [1.165, 1.54) is 0 Å². The number of piperazine rings is 1. The molecule has 1 fully saturated rings. The first-order valence-corrected chi connectivity index (χ1v) is 4.02. The third-order valence-electron chi connectivity index (χ3n) is 2.41. The van der Waals surface area contributed by atoms with E-state index in [-0.39, 0.29) is 0 Å². The van der Waals surface area contributed by atoms with Crippen LogP contribution in [0.3, 0.4) is 0 Å². The molecular weight excluding hydrogens is 140 g/mol. The molecular formula is C8H12N2O. The third-order valence-corrected chi connectivity index (χ3v) is 2.41. The lowest BCUT2D eigenvalue weighted by Crippen LogP contribution is -2.48. The molecule has 11 heavy (non-hydrogen) atoms. The van der Waals surface area contributed by atoms with E-state index in [0.717, 1.165) is 32.5 Å². The summed E-state index contributed by atoms with van der Waals surface area (Å²) in [5.74, 6) is 0. The summed E-state index contributed by atoms with van der Waals surface area (Å²) >= 11 is 0. The zero-order valence-corrected chi connectivity index (χ0v) is 6.44. The summed E-state index contributed by atoms with van der Waals surface area (Å²) in [6, 6.07) is 0.564. The Morgan fingerprint density at radius 1 is 1.45 bits per heavy atom. The second-order valence-electron chi connectivity index (χ2n) is 3.11. The molecule has 1 unspecified atom stereocenters. The van der Waals surface area contributed by atoms with Crippen molar-refractivity contribution >= 4 is 6.41 Å². The van der Waals surface area contributed by atoms with Crippen LogP contribution >= 0.6 is 0 Å². The predicted molar refractivity (Wildman–Crippen MR) is 41.9 cm³/mol.